The highest BCUT2D eigenvalue weighted by atomic mass is 16.5. The summed E-state index contributed by atoms with van der Waals surface area (Å²) >= 11 is 0. The van der Waals surface area contributed by atoms with Crippen molar-refractivity contribution >= 4 is 22.0 Å². The van der Waals surface area contributed by atoms with E-state index in [1.54, 1.807) is 18.7 Å². The van der Waals surface area contributed by atoms with Crippen LogP contribution in [-0.4, -0.2) is 16.7 Å². The van der Waals surface area contributed by atoms with Gasteiger partial charge in [-0.25, -0.2) is 4.98 Å². The lowest BCUT2D eigenvalue weighted by Crippen LogP contribution is -2.17. The summed E-state index contributed by atoms with van der Waals surface area (Å²) in [6.45, 7) is 0. The number of para-hydroxylation sites is 1. The van der Waals surface area contributed by atoms with Crippen LogP contribution in [0.1, 0.15) is 0 Å². The molecule has 2 heterocycles. The molecule has 0 aliphatic heterocycles. The molecule has 23 heavy (non-hydrogen) atoms. The maximum absolute atomic E-state index is 12.5. The third-order valence-corrected chi connectivity index (χ3v) is 3.98. The van der Waals surface area contributed by atoms with Crippen molar-refractivity contribution in [2.24, 2.45) is 7.05 Å². The van der Waals surface area contributed by atoms with Gasteiger partial charge in [0.05, 0.1) is 12.6 Å². The highest BCUT2D eigenvalue weighted by Crippen LogP contribution is 2.28. The van der Waals surface area contributed by atoms with Crippen LogP contribution in [-0.2, 0) is 7.05 Å². The quantitative estimate of drug-likeness (QED) is 0.570. The van der Waals surface area contributed by atoms with Gasteiger partial charge in [0.15, 0.2) is 11.1 Å². The average molecular weight is 306 g/mol. The number of oxazole rings is 1. The lowest BCUT2D eigenvalue weighted by molar-refractivity contribution is 0.415. The molecule has 0 N–H and O–H groups in total. The number of ether oxygens (including phenoxy) is 1. The van der Waals surface area contributed by atoms with Crippen LogP contribution in [0.25, 0.3) is 33.5 Å². The van der Waals surface area contributed by atoms with Gasteiger partial charge in [0.1, 0.15) is 5.75 Å². The summed E-state index contributed by atoms with van der Waals surface area (Å²) in [4.78, 5) is 16.9. The van der Waals surface area contributed by atoms with E-state index < -0.39 is 0 Å². The minimum absolute atomic E-state index is 0.165. The third kappa shape index (κ3) is 2.01. The maximum Gasteiger partial charge on any atom is 0.280 e. The second kappa shape index (κ2) is 4.98. The summed E-state index contributed by atoms with van der Waals surface area (Å²) < 4.78 is 12.7. The van der Waals surface area contributed by atoms with Crippen molar-refractivity contribution in [1.82, 2.24) is 9.55 Å². The normalized spacial score (nSPS) is 11.2. The van der Waals surface area contributed by atoms with E-state index in [-0.39, 0.29) is 5.56 Å². The van der Waals surface area contributed by atoms with Gasteiger partial charge in [-0.1, -0.05) is 12.1 Å². The number of hydrogen-bond donors (Lipinski definition) is 0. The van der Waals surface area contributed by atoms with Crippen LogP contribution in [0.5, 0.6) is 5.75 Å². The molecule has 0 saturated carbocycles. The van der Waals surface area contributed by atoms with Crippen molar-refractivity contribution in [3.63, 3.8) is 0 Å². The molecule has 0 atom stereocenters. The molecule has 4 aromatic rings. The molecular weight excluding hydrogens is 292 g/mol. The SMILES string of the molecule is COc1ccc(-c2nc3c(=O)n(C)c4ccccc4c3o2)cc1. The first kappa shape index (κ1) is 13.6. The van der Waals surface area contributed by atoms with Crippen molar-refractivity contribution in [3.05, 3.63) is 58.9 Å². The Labute approximate surface area is 131 Å². The molecule has 0 fully saturated rings. The number of rotatable bonds is 2. The Morgan fingerprint density at radius 2 is 1.83 bits per heavy atom. The van der Waals surface area contributed by atoms with Crippen LogP contribution in [0.4, 0.5) is 0 Å². The van der Waals surface area contributed by atoms with E-state index in [1.165, 1.54) is 0 Å². The lowest BCUT2D eigenvalue weighted by Gasteiger charge is -2.03. The molecule has 0 saturated heterocycles. The number of benzene rings is 2. The second-order valence-electron chi connectivity index (χ2n) is 5.31. The Hall–Kier alpha value is -3.08. The second-order valence-corrected chi connectivity index (χ2v) is 5.31. The molecule has 0 spiro atoms. The summed E-state index contributed by atoms with van der Waals surface area (Å²) in [5.41, 5.74) is 2.32. The average Bonchev–Trinajstić information content (AvgIpc) is 3.05. The highest BCUT2D eigenvalue weighted by molar-refractivity contribution is 6.01. The van der Waals surface area contributed by atoms with Gasteiger partial charge in [-0.05, 0) is 36.4 Å². The predicted molar refractivity (Wildman–Crippen MR) is 88.7 cm³/mol. The van der Waals surface area contributed by atoms with Crippen LogP contribution in [0.15, 0.2) is 57.7 Å². The molecule has 0 aliphatic carbocycles. The molecular formula is C18H14N2O3. The Kier molecular flexibility index (Phi) is 2.94. The number of fused-ring (bicyclic) bond motifs is 3. The molecule has 114 valence electrons. The fraction of sp³-hybridized carbons (Fsp3) is 0.111. The third-order valence-electron chi connectivity index (χ3n) is 3.98. The molecule has 0 unspecified atom stereocenters. The van der Waals surface area contributed by atoms with Crippen LogP contribution < -0.4 is 10.3 Å². The van der Waals surface area contributed by atoms with Crippen LogP contribution >= 0.6 is 0 Å². The van der Waals surface area contributed by atoms with E-state index in [0.29, 0.717) is 17.0 Å². The van der Waals surface area contributed by atoms with Gasteiger partial charge in [-0.2, -0.15) is 0 Å². The number of pyridine rings is 1. The van der Waals surface area contributed by atoms with E-state index in [9.17, 15) is 4.79 Å². The van der Waals surface area contributed by atoms with Crippen LogP contribution in [0, 0.1) is 0 Å². The van der Waals surface area contributed by atoms with Gasteiger partial charge in [-0.3, -0.25) is 4.79 Å². The first-order valence-corrected chi connectivity index (χ1v) is 7.22. The minimum Gasteiger partial charge on any atom is -0.497 e. The first-order valence-electron chi connectivity index (χ1n) is 7.22. The molecule has 5 nitrogen and oxygen atoms in total. The monoisotopic (exact) mass is 306 g/mol. The first-order chi connectivity index (χ1) is 11.2. The van der Waals surface area contributed by atoms with Gasteiger partial charge in [-0.15, -0.1) is 0 Å². The number of hydrogen-bond acceptors (Lipinski definition) is 4. The van der Waals surface area contributed by atoms with Gasteiger partial charge in [0.25, 0.3) is 5.56 Å². The molecule has 4 rings (SSSR count). The Morgan fingerprint density at radius 1 is 1.09 bits per heavy atom. The Balaban J connectivity index is 2.02. The number of aromatic nitrogens is 2. The van der Waals surface area contributed by atoms with Crippen molar-refractivity contribution in [1.29, 1.82) is 0 Å². The van der Waals surface area contributed by atoms with Crippen molar-refractivity contribution in [2.75, 3.05) is 7.11 Å². The lowest BCUT2D eigenvalue weighted by atomic mass is 10.2. The van der Waals surface area contributed by atoms with Gasteiger partial charge >= 0.3 is 0 Å². The maximum atomic E-state index is 12.5. The van der Waals surface area contributed by atoms with Crippen molar-refractivity contribution in [3.8, 4) is 17.2 Å². The van der Waals surface area contributed by atoms with E-state index in [1.807, 2.05) is 48.5 Å². The smallest absolute Gasteiger partial charge is 0.280 e. The van der Waals surface area contributed by atoms with Crippen LogP contribution in [0.2, 0.25) is 0 Å². The Morgan fingerprint density at radius 3 is 2.57 bits per heavy atom. The number of methoxy groups -OCH3 is 1. The minimum atomic E-state index is -0.165. The zero-order chi connectivity index (χ0) is 16.0. The molecule has 0 aliphatic rings. The molecule has 0 bridgehead atoms. The number of nitrogens with zero attached hydrogens (tertiary/aromatic N) is 2. The summed E-state index contributed by atoms with van der Waals surface area (Å²) in [5, 5.41) is 0.872. The van der Waals surface area contributed by atoms with E-state index >= 15 is 0 Å². The van der Waals surface area contributed by atoms with Crippen LogP contribution in [0.3, 0.4) is 0 Å². The molecule has 2 aromatic heterocycles. The number of aryl methyl sites for hydroxylation is 1. The van der Waals surface area contributed by atoms with Crippen molar-refractivity contribution in [2.45, 2.75) is 0 Å². The summed E-state index contributed by atoms with van der Waals surface area (Å²) in [5.74, 6) is 1.18. The highest BCUT2D eigenvalue weighted by Gasteiger charge is 2.16. The predicted octanol–water partition coefficient (Wildman–Crippen LogP) is 3.36. The zero-order valence-electron chi connectivity index (χ0n) is 12.7. The van der Waals surface area contributed by atoms with E-state index in [0.717, 1.165) is 22.2 Å². The fourth-order valence-electron chi connectivity index (χ4n) is 2.73. The standard InChI is InChI=1S/C18H14N2O3/c1-20-14-6-4-3-5-13(14)16-15(18(20)21)19-17(23-16)11-7-9-12(22-2)10-8-11/h3-10H,1-2H3. The summed E-state index contributed by atoms with van der Waals surface area (Å²) in [6, 6.07) is 15.0. The molecule has 2 aromatic carbocycles. The zero-order valence-corrected chi connectivity index (χ0v) is 12.7. The fourth-order valence-corrected chi connectivity index (χ4v) is 2.73. The summed E-state index contributed by atoms with van der Waals surface area (Å²) in [6.07, 6.45) is 0. The summed E-state index contributed by atoms with van der Waals surface area (Å²) in [7, 11) is 3.36. The molecule has 0 amide bonds. The topological polar surface area (TPSA) is 57.3 Å². The van der Waals surface area contributed by atoms with Gasteiger partial charge in [0, 0.05) is 18.0 Å². The Bertz CT molecular complexity index is 1080. The van der Waals surface area contributed by atoms with Gasteiger partial charge < -0.3 is 13.7 Å². The van der Waals surface area contributed by atoms with E-state index in [4.69, 9.17) is 9.15 Å². The largest absolute Gasteiger partial charge is 0.497 e. The molecule has 0 radical (unpaired) electrons. The molecule has 5 heteroatoms. The van der Waals surface area contributed by atoms with Crippen molar-refractivity contribution < 1.29 is 9.15 Å². The van der Waals surface area contributed by atoms with Gasteiger partial charge in [0.2, 0.25) is 5.89 Å². The van der Waals surface area contributed by atoms with E-state index in [2.05, 4.69) is 4.98 Å².